The molecule has 4 aliphatic heterocycles. The summed E-state index contributed by atoms with van der Waals surface area (Å²) in [6.45, 7) is 6.01. The maximum Gasteiger partial charge on any atom is 0.169 e. The number of fused-ring (bicyclic) bond motifs is 2. The van der Waals surface area contributed by atoms with Crippen LogP contribution in [0.4, 0.5) is 0 Å². The van der Waals surface area contributed by atoms with Crippen molar-refractivity contribution in [1.29, 1.82) is 0 Å². The maximum absolute atomic E-state index is 11.7. The first kappa shape index (κ1) is 17.4. The number of rotatable bonds is 4. The Bertz CT molecular complexity index is 856. The quantitative estimate of drug-likeness (QED) is 0.819. The molecule has 0 aliphatic carbocycles. The number of carbonyl (C=O) groups is 1. The second-order valence-corrected chi connectivity index (χ2v) is 9.27. The Morgan fingerprint density at radius 1 is 1.22 bits per heavy atom. The van der Waals surface area contributed by atoms with E-state index in [1.165, 1.54) is 37.1 Å². The van der Waals surface area contributed by atoms with Crippen LogP contribution >= 0.6 is 11.3 Å². The van der Waals surface area contributed by atoms with Gasteiger partial charge in [-0.2, -0.15) is 0 Å². The van der Waals surface area contributed by atoms with Gasteiger partial charge in [0.25, 0.3) is 0 Å². The predicted molar refractivity (Wildman–Crippen MR) is 107 cm³/mol. The van der Waals surface area contributed by atoms with Crippen LogP contribution in [0, 0.1) is 5.92 Å². The van der Waals surface area contributed by atoms with Gasteiger partial charge < -0.3 is 5.11 Å². The highest BCUT2D eigenvalue weighted by Gasteiger charge is 2.53. The van der Waals surface area contributed by atoms with Crippen LogP contribution in [-0.4, -0.2) is 52.4 Å². The van der Waals surface area contributed by atoms with Crippen molar-refractivity contribution in [3.8, 4) is 5.75 Å². The smallest absolute Gasteiger partial charge is 0.169 e. The summed E-state index contributed by atoms with van der Waals surface area (Å²) in [5.74, 6) is 1.73. The van der Waals surface area contributed by atoms with Crippen molar-refractivity contribution in [2.24, 2.45) is 5.92 Å². The lowest BCUT2D eigenvalue weighted by molar-refractivity contribution is -0.00867. The molecule has 0 amide bonds. The van der Waals surface area contributed by atoms with Gasteiger partial charge in [0.1, 0.15) is 5.75 Å². The summed E-state index contributed by atoms with van der Waals surface area (Å²) in [6.07, 6.45) is 2.60. The fraction of sp³-hybridized carbons (Fsp3) is 0.500. The van der Waals surface area contributed by atoms with E-state index in [0.29, 0.717) is 23.8 Å². The monoisotopic (exact) mass is 382 g/mol. The molecule has 6 rings (SSSR count). The van der Waals surface area contributed by atoms with Gasteiger partial charge in [0, 0.05) is 31.1 Å². The zero-order valence-electron chi connectivity index (χ0n) is 15.7. The number of benzene rings is 1. The highest BCUT2D eigenvalue weighted by atomic mass is 32.1. The van der Waals surface area contributed by atoms with Gasteiger partial charge in [-0.15, -0.1) is 11.3 Å². The molecule has 5 heterocycles. The lowest BCUT2D eigenvalue weighted by Crippen LogP contribution is -2.59. The van der Waals surface area contributed by atoms with Crippen molar-refractivity contribution in [1.82, 2.24) is 9.80 Å². The molecule has 142 valence electrons. The van der Waals surface area contributed by atoms with Gasteiger partial charge in [-0.05, 0) is 73.5 Å². The Labute approximate surface area is 164 Å². The van der Waals surface area contributed by atoms with Crippen LogP contribution in [0.1, 0.15) is 46.5 Å². The zero-order valence-corrected chi connectivity index (χ0v) is 16.5. The number of carbonyl (C=O) groups excluding carboxylic acids is 1. The van der Waals surface area contributed by atoms with Crippen LogP contribution in [0.25, 0.3) is 0 Å². The largest absolute Gasteiger partial charge is 0.508 e. The number of hydrogen-bond acceptors (Lipinski definition) is 5. The van der Waals surface area contributed by atoms with Crippen molar-refractivity contribution in [2.45, 2.75) is 44.3 Å². The fourth-order valence-electron chi connectivity index (χ4n) is 5.65. The molecule has 4 nitrogen and oxygen atoms in total. The molecule has 4 saturated heterocycles. The van der Waals surface area contributed by atoms with Crippen molar-refractivity contribution in [3.63, 3.8) is 0 Å². The third kappa shape index (κ3) is 3.02. The van der Waals surface area contributed by atoms with Gasteiger partial charge in [-0.3, -0.25) is 14.6 Å². The number of phenols is 1. The van der Waals surface area contributed by atoms with Gasteiger partial charge in [0.05, 0.1) is 4.88 Å². The average Bonchev–Trinajstić information content (AvgIpc) is 3.30. The Hall–Kier alpha value is -1.69. The van der Waals surface area contributed by atoms with Gasteiger partial charge in [0.15, 0.2) is 5.78 Å². The van der Waals surface area contributed by atoms with Crippen molar-refractivity contribution >= 4 is 17.1 Å². The molecular formula is C22H26N2O2S. The minimum absolute atomic E-state index is 0.158. The number of aromatic hydroxyl groups is 1. The predicted octanol–water partition coefficient (Wildman–Crippen LogP) is 3.72. The Morgan fingerprint density at radius 3 is 2.74 bits per heavy atom. The van der Waals surface area contributed by atoms with Gasteiger partial charge in [-0.25, -0.2) is 0 Å². The summed E-state index contributed by atoms with van der Waals surface area (Å²) >= 11 is 1.57. The van der Waals surface area contributed by atoms with E-state index in [0.717, 1.165) is 23.9 Å². The maximum atomic E-state index is 11.7. The summed E-state index contributed by atoms with van der Waals surface area (Å²) in [5.41, 5.74) is 2.52. The van der Waals surface area contributed by atoms with Crippen LogP contribution in [0.2, 0.25) is 0 Å². The van der Waals surface area contributed by atoms with E-state index < -0.39 is 0 Å². The summed E-state index contributed by atoms with van der Waals surface area (Å²) in [4.78, 5) is 17.9. The van der Waals surface area contributed by atoms with Gasteiger partial charge in [0.2, 0.25) is 0 Å². The first-order valence-electron chi connectivity index (χ1n) is 9.95. The first-order valence-corrected chi connectivity index (χ1v) is 10.8. The molecule has 4 fully saturated rings. The molecule has 3 atom stereocenters. The number of phenolic OH excluding ortho intramolecular Hbond substituents is 1. The summed E-state index contributed by atoms with van der Waals surface area (Å²) in [7, 11) is 0. The number of Topliss-reactive ketones (excluding diaryl/α,β-unsaturated/α-hetero) is 1. The lowest BCUT2D eigenvalue weighted by Gasteiger charge is -2.51. The summed E-state index contributed by atoms with van der Waals surface area (Å²) in [6, 6.07) is 11.1. The van der Waals surface area contributed by atoms with Crippen LogP contribution in [0.15, 0.2) is 35.7 Å². The molecule has 1 aromatic heterocycles. The van der Waals surface area contributed by atoms with Crippen molar-refractivity contribution in [2.75, 3.05) is 19.6 Å². The first-order chi connectivity index (χ1) is 13.1. The number of piperidine rings is 3. The van der Waals surface area contributed by atoms with E-state index in [4.69, 9.17) is 0 Å². The molecule has 2 aromatic rings. The highest BCUT2D eigenvalue weighted by molar-refractivity contribution is 7.12. The molecule has 1 N–H and O–H groups in total. The van der Waals surface area contributed by atoms with E-state index >= 15 is 0 Å². The minimum atomic E-state index is 0.158. The molecule has 4 aliphatic rings. The molecule has 1 aromatic carbocycles. The second-order valence-electron chi connectivity index (χ2n) is 8.36. The normalized spacial score (nSPS) is 32.6. The molecule has 0 saturated carbocycles. The van der Waals surface area contributed by atoms with E-state index in [1.807, 2.05) is 12.1 Å². The molecule has 27 heavy (non-hydrogen) atoms. The standard InChI is InChI=1S/C22H26N2O2S/c1-14(25)20-9-15(13-27-20)11-24-12-19(17-3-2-4-18(26)10-17)22-21(24)16-5-7-23(22)8-6-16/h2-4,9-10,13,16,19,21-22,26H,5-8,11-12H2,1H3/t19-,21+,22+/m0/s1. The summed E-state index contributed by atoms with van der Waals surface area (Å²) in [5, 5.41) is 12.1. The Kier molecular flexibility index (Phi) is 4.34. The van der Waals surface area contributed by atoms with E-state index in [-0.39, 0.29) is 5.78 Å². The van der Waals surface area contributed by atoms with Gasteiger partial charge >= 0.3 is 0 Å². The number of nitrogens with zero attached hydrogens (tertiary/aromatic N) is 2. The van der Waals surface area contributed by atoms with Crippen molar-refractivity contribution < 1.29 is 9.90 Å². The number of likely N-dealkylation sites (tertiary alicyclic amines) is 1. The van der Waals surface area contributed by atoms with Crippen LogP contribution in [0.5, 0.6) is 5.75 Å². The average molecular weight is 383 g/mol. The summed E-state index contributed by atoms with van der Waals surface area (Å²) < 4.78 is 0. The molecule has 0 unspecified atom stereocenters. The third-order valence-electron chi connectivity index (χ3n) is 6.78. The van der Waals surface area contributed by atoms with Crippen LogP contribution in [-0.2, 0) is 6.54 Å². The van der Waals surface area contributed by atoms with Crippen LogP contribution in [0.3, 0.4) is 0 Å². The molecule has 0 spiro atoms. The molecule has 0 radical (unpaired) electrons. The van der Waals surface area contributed by atoms with E-state index in [2.05, 4.69) is 27.3 Å². The third-order valence-corrected chi connectivity index (χ3v) is 7.86. The molecule has 5 heteroatoms. The van der Waals surface area contributed by atoms with Crippen molar-refractivity contribution in [3.05, 3.63) is 51.7 Å². The number of hydrogen-bond donors (Lipinski definition) is 1. The topological polar surface area (TPSA) is 43.8 Å². The minimum Gasteiger partial charge on any atom is -0.508 e. The Balaban J connectivity index is 1.45. The van der Waals surface area contributed by atoms with Gasteiger partial charge in [-0.1, -0.05) is 12.1 Å². The number of thiophene rings is 1. The number of ketones is 1. The van der Waals surface area contributed by atoms with E-state index in [1.54, 1.807) is 24.3 Å². The second kappa shape index (κ2) is 6.73. The van der Waals surface area contributed by atoms with E-state index in [9.17, 15) is 9.90 Å². The highest BCUT2D eigenvalue weighted by Crippen LogP contribution is 2.47. The van der Waals surface area contributed by atoms with Crippen LogP contribution < -0.4 is 0 Å². The SMILES string of the molecule is CC(=O)c1cc(CN2C[C@@H](c3cccc(O)c3)[C@@H]3[C@H]2C2CCN3CC2)cs1. The zero-order chi connectivity index (χ0) is 18.5. The lowest BCUT2D eigenvalue weighted by atomic mass is 9.75. The Morgan fingerprint density at radius 2 is 2.04 bits per heavy atom. The fourth-order valence-corrected chi connectivity index (χ4v) is 6.45. The molecular weight excluding hydrogens is 356 g/mol. The molecule has 2 bridgehead atoms.